The summed E-state index contributed by atoms with van der Waals surface area (Å²) < 4.78 is 54.9. The molecule has 3 aromatic rings. The molecule has 1 fully saturated rings. The van der Waals surface area contributed by atoms with E-state index in [1.807, 2.05) is 11.9 Å². The van der Waals surface area contributed by atoms with Crippen molar-refractivity contribution >= 4 is 22.4 Å². The van der Waals surface area contributed by atoms with Crippen molar-refractivity contribution in [1.82, 2.24) is 19.5 Å². The number of piperazine rings is 1. The lowest BCUT2D eigenvalue weighted by molar-refractivity contribution is -0.137. The predicted octanol–water partition coefficient (Wildman–Crippen LogP) is 2.79. The standard InChI is InChI=1S/C16H15F4N5/c1-23-4-6-24(7-5-23)15-22-14-11(13-2-3-21-25(13)15)8-10(9-12(14)17)16(18,19)20/h2-3,8-9H,4-7H2,1H3. The Morgan fingerprint density at radius 1 is 1.08 bits per heavy atom. The van der Waals surface area contributed by atoms with Gasteiger partial charge in [-0.15, -0.1) is 0 Å². The van der Waals surface area contributed by atoms with E-state index in [1.165, 1.54) is 10.7 Å². The highest BCUT2D eigenvalue weighted by Crippen LogP contribution is 2.34. The van der Waals surface area contributed by atoms with Crippen LogP contribution in [0.3, 0.4) is 0 Å². The molecule has 132 valence electrons. The first kappa shape index (κ1) is 16.1. The van der Waals surface area contributed by atoms with Crippen LogP contribution in [0.2, 0.25) is 0 Å². The van der Waals surface area contributed by atoms with Gasteiger partial charge in [0.05, 0.1) is 17.3 Å². The number of hydrogen-bond donors (Lipinski definition) is 0. The fraction of sp³-hybridized carbons (Fsp3) is 0.375. The lowest BCUT2D eigenvalue weighted by Gasteiger charge is -2.33. The lowest BCUT2D eigenvalue weighted by Crippen LogP contribution is -2.45. The highest BCUT2D eigenvalue weighted by Gasteiger charge is 2.32. The highest BCUT2D eigenvalue weighted by atomic mass is 19.4. The zero-order chi connectivity index (χ0) is 17.8. The molecule has 0 spiro atoms. The van der Waals surface area contributed by atoms with Gasteiger partial charge in [-0.2, -0.15) is 22.8 Å². The third-order valence-corrected chi connectivity index (χ3v) is 4.50. The average Bonchev–Trinajstić information content (AvgIpc) is 3.04. The molecule has 5 nitrogen and oxygen atoms in total. The Kier molecular flexibility index (Phi) is 3.57. The molecule has 3 heterocycles. The first-order valence-electron chi connectivity index (χ1n) is 7.82. The Bertz CT molecular complexity index is 941. The Labute approximate surface area is 140 Å². The molecule has 0 aliphatic carbocycles. The minimum Gasteiger partial charge on any atom is -0.338 e. The van der Waals surface area contributed by atoms with Crippen LogP contribution in [0.15, 0.2) is 24.4 Å². The summed E-state index contributed by atoms with van der Waals surface area (Å²) in [6.07, 6.45) is -3.14. The van der Waals surface area contributed by atoms with Crippen LogP contribution >= 0.6 is 0 Å². The smallest absolute Gasteiger partial charge is 0.338 e. The number of fused-ring (bicyclic) bond motifs is 3. The van der Waals surface area contributed by atoms with Gasteiger partial charge in [0.1, 0.15) is 11.3 Å². The van der Waals surface area contributed by atoms with Gasteiger partial charge >= 0.3 is 6.18 Å². The molecule has 25 heavy (non-hydrogen) atoms. The molecule has 1 saturated heterocycles. The number of hydrogen-bond acceptors (Lipinski definition) is 4. The van der Waals surface area contributed by atoms with E-state index in [0.29, 0.717) is 30.6 Å². The summed E-state index contributed by atoms with van der Waals surface area (Å²) >= 11 is 0. The fourth-order valence-corrected chi connectivity index (χ4v) is 3.10. The van der Waals surface area contributed by atoms with E-state index >= 15 is 0 Å². The predicted molar refractivity (Wildman–Crippen MR) is 85.2 cm³/mol. The van der Waals surface area contributed by atoms with Crippen LogP contribution in [0.5, 0.6) is 0 Å². The van der Waals surface area contributed by atoms with Crippen molar-refractivity contribution in [2.45, 2.75) is 6.18 Å². The Morgan fingerprint density at radius 3 is 2.48 bits per heavy atom. The van der Waals surface area contributed by atoms with Crippen LogP contribution in [0.1, 0.15) is 5.56 Å². The Balaban J connectivity index is 1.94. The van der Waals surface area contributed by atoms with E-state index in [9.17, 15) is 17.6 Å². The Morgan fingerprint density at radius 2 is 1.80 bits per heavy atom. The van der Waals surface area contributed by atoms with Crippen LogP contribution in [0, 0.1) is 5.82 Å². The van der Waals surface area contributed by atoms with Gasteiger partial charge in [0.2, 0.25) is 5.95 Å². The van der Waals surface area contributed by atoms with Crippen molar-refractivity contribution in [3.05, 3.63) is 35.8 Å². The summed E-state index contributed by atoms with van der Waals surface area (Å²) in [5.41, 5.74) is -0.700. The summed E-state index contributed by atoms with van der Waals surface area (Å²) in [5.74, 6) is -0.539. The van der Waals surface area contributed by atoms with Crippen molar-refractivity contribution in [2.24, 2.45) is 0 Å². The topological polar surface area (TPSA) is 36.7 Å². The van der Waals surface area contributed by atoms with Gasteiger partial charge in [-0.1, -0.05) is 0 Å². The van der Waals surface area contributed by atoms with Gasteiger partial charge in [-0.3, -0.25) is 0 Å². The summed E-state index contributed by atoms with van der Waals surface area (Å²) in [6, 6.07) is 3.00. The SMILES string of the molecule is CN1CCN(c2nc3c(F)cc(C(F)(F)F)cc3c3ccnn23)CC1. The maximum absolute atomic E-state index is 14.4. The molecular formula is C16H15F4N5. The zero-order valence-corrected chi connectivity index (χ0v) is 13.4. The van der Waals surface area contributed by atoms with Crippen molar-refractivity contribution in [1.29, 1.82) is 0 Å². The maximum atomic E-state index is 14.4. The molecular weight excluding hydrogens is 338 g/mol. The quantitative estimate of drug-likeness (QED) is 0.631. The molecule has 0 radical (unpaired) electrons. The largest absolute Gasteiger partial charge is 0.416 e. The highest BCUT2D eigenvalue weighted by molar-refractivity contribution is 5.95. The molecule has 0 unspecified atom stereocenters. The molecule has 0 bridgehead atoms. The number of benzene rings is 1. The van der Waals surface area contributed by atoms with Crippen LogP contribution in [0.4, 0.5) is 23.5 Å². The molecule has 1 aliphatic rings. The molecule has 0 atom stereocenters. The van der Waals surface area contributed by atoms with Crippen molar-refractivity contribution in [3.63, 3.8) is 0 Å². The second kappa shape index (κ2) is 5.55. The third-order valence-electron chi connectivity index (χ3n) is 4.50. The number of anilines is 1. The number of halogens is 4. The van der Waals surface area contributed by atoms with Gasteiger partial charge < -0.3 is 9.80 Å². The van der Waals surface area contributed by atoms with E-state index < -0.39 is 17.6 Å². The normalized spacial score (nSPS) is 16.9. The number of alkyl halides is 3. The van der Waals surface area contributed by atoms with Crippen molar-refractivity contribution < 1.29 is 17.6 Å². The first-order chi connectivity index (χ1) is 11.8. The number of likely N-dealkylation sites (N-methyl/N-ethyl adjacent to an activating group) is 1. The van der Waals surface area contributed by atoms with Crippen molar-refractivity contribution in [2.75, 3.05) is 38.1 Å². The maximum Gasteiger partial charge on any atom is 0.416 e. The van der Waals surface area contributed by atoms with E-state index in [-0.39, 0.29) is 10.9 Å². The first-order valence-corrected chi connectivity index (χ1v) is 7.82. The van der Waals surface area contributed by atoms with Crippen LogP contribution < -0.4 is 4.90 Å². The van der Waals surface area contributed by atoms with Crippen LogP contribution in [0.25, 0.3) is 16.4 Å². The van der Waals surface area contributed by atoms with E-state index in [2.05, 4.69) is 15.0 Å². The monoisotopic (exact) mass is 353 g/mol. The minimum atomic E-state index is -4.62. The fourth-order valence-electron chi connectivity index (χ4n) is 3.10. The van der Waals surface area contributed by atoms with Crippen LogP contribution in [-0.4, -0.2) is 52.7 Å². The van der Waals surface area contributed by atoms with Gasteiger partial charge in [0, 0.05) is 31.6 Å². The second-order valence-electron chi connectivity index (χ2n) is 6.18. The van der Waals surface area contributed by atoms with E-state index in [0.717, 1.165) is 19.2 Å². The van der Waals surface area contributed by atoms with E-state index in [1.54, 1.807) is 6.07 Å². The molecule has 1 aliphatic heterocycles. The minimum absolute atomic E-state index is 0.0741. The number of aromatic nitrogens is 3. The molecule has 0 saturated carbocycles. The molecule has 0 amide bonds. The van der Waals surface area contributed by atoms with Gasteiger partial charge in [-0.25, -0.2) is 9.37 Å². The zero-order valence-electron chi connectivity index (χ0n) is 13.4. The third kappa shape index (κ3) is 2.68. The van der Waals surface area contributed by atoms with Gasteiger partial charge in [-0.05, 0) is 25.2 Å². The summed E-state index contributed by atoms with van der Waals surface area (Å²) in [7, 11) is 2.01. The summed E-state index contributed by atoms with van der Waals surface area (Å²) in [4.78, 5) is 8.44. The molecule has 1 aromatic carbocycles. The molecule has 2 aromatic heterocycles. The molecule has 4 rings (SSSR count). The van der Waals surface area contributed by atoms with E-state index in [4.69, 9.17) is 0 Å². The van der Waals surface area contributed by atoms with Crippen molar-refractivity contribution in [3.8, 4) is 0 Å². The summed E-state index contributed by atoms with van der Waals surface area (Å²) in [6.45, 7) is 3.01. The van der Waals surface area contributed by atoms with Gasteiger partial charge in [0.15, 0.2) is 0 Å². The van der Waals surface area contributed by atoms with Crippen LogP contribution in [-0.2, 0) is 6.18 Å². The molecule has 9 heteroatoms. The lowest BCUT2D eigenvalue weighted by atomic mass is 10.1. The Hall–Kier alpha value is -2.42. The van der Waals surface area contributed by atoms with Gasteiger partial charge in [0.25, 0.3) is 0 Å². The average molecular weight is 353 g/mol. The molecule has 0 N–H and O–H groups in total. The number of nitrogens with zero attached hydrogens (tertiary/aromatic N) is 5. The number of rotatable bonds is 1. The second-order valence-corrected chi connectivity index (χ2v) is 6.18. The summed E-state index contributed by atoms with van der Waals surface area (Å²) in [5, 5.41) is 4.28.